The van der Waals surface area contributed by atoms with Gasteiger partial charge in [-0.1, -0.05) is 32.0 Å². The number of hydrogen-bond acceptors (Lipinski definition) is 4. The maximum Gasteiger partial charge on any atom is 0.276 e. The molecule has 1 heterocycles. The van der Waals surface area contributed by atoms with Gasteiger partial charge in [0.25, 0.3) is 5.91 Å². The number of carbonyl (C=O) groups is 3. The molecule has 0 fully saturated rings. The fourth-order valence-electron chi connectivity index (χ4n) is 2.60. The molecule has 0 aliphatic heterocycles. The van der Waals surface area contributed by atoms with E-state index in [9.17, 15) is 14.4 Å². The first kappa shape index (κ1) is 20.0. The summed E-state index contributed by atoms with van der Waals surface area (Å²) in [6.45, 7) is 5.06. The first-order chi connectivity index (χ1) is 13.8. The molecule has 2 aromatic carbocycles. The predicted octanol–water partition coefficient (Wildman–Crippen LogP) is 3.92. The number of hydrogen-bond donors (Lipinski definition) is 2. The summed E-state index contributed by atoms with van der Waals surface area (Å²) in [5.41, 5.74) is 1.98. The van der Waals surface area contributed by atoms with Gasteiger partial charge < -0.3 is 10.6 Å². The lowest BCUT2D eigenvalue weighted by Crippen LogP contribution is -2.19. The van der Waals surface area contributed by atoms with Gasteiger partial charge in [-0.05, 0) is 43.3 Å². The van der Waals surface area contributed by atoms with Gasteiger partial charge in [-0.25, -0.2) is 4.68 Å². The number of nitrogens with one attached hydrogen (secondary N) is 2. The highest BCUT2D eigenvalue weighted by atomic mass is 16.2. The van der Waals surface area contributed by atoms with Crippen LogP contribution in [-0.2, 0) is 4.79 Å². The molecular formula is C22H22N4O3. The van der Waals surface area contributed by atoms with Gasteiger partial charge in [0, 0.05) is 23.2 Å². The van der Waals surface area contributed by atoms with Gasteiger partial charge in [-0.15, -0.1) is 0 Å². The minimum Gasteiger partial charge on any atom is -0.321 e. The van der Waals surface area contributed by atoms with Crippen LogP contribution in [0.1, 0.15) is 41.6 Å². The molecular weight excluding hydrogens is 368 g/mol. The molecule has 1 aromatic heterocycles. The van der Waals surface area contributed by atoms with Crippen molar-refractivity contribution in [2.45, 2.75) is 20.8 Å². The molecule has 0 aliphatic rings. The van der Waals surface area contributed by atoms with E-state index in [0.29, 0.717) is 17.1 Å². The van der Waals surface area contributed by atoms with Crippen LogP contribution >= 0.6 is 0 Å². The maximum atomic E-state index is 12.7. The predicted molar refractivity (Wildman–Crippen MR) is 111 cm³/mol. The highest BCUT2D eigenvalue weighted by Gasteiger charge is 2.18. The molecule has 148 valence electrons. The Hall–Kier alpha value is -3.74. The highest BCUT2D eigenvalue weighted by molar-refractivity contribution is 6.04. The summed E-state index contributed by atoms with van der Waals surface area (Å²) in [6.07, 6.45) is 0. The van der Waals surface area contributed by atoms with Crippen molar-refractivity contribution >= 4 is 29.1 Å². The molecule has 0 spiro atoms. The summed E-state index contributed by atoms with van der Waals surface area (Å²) in [6, 6.07) is 17.4. The molecule has 29 heavy (non-hydrogen) atoms. The van der Waals surface area contributed by atoms with E-state index in [1.807, 2.05) is 30.3 Å². The van der Waals surface area contributed by atoms with Crippen LogP contribution < -0.4 is 10.6 Å². The molecule has 7 heteroatoms. The second-order valence-electron chi connectivity index (χ2n) is 6.89. The van der Waals surface area contributed by atoms with Crippen LogP contribution in [0.15, 0.2) is 60.7 Å². The standard InChI is InChI=1S/C22H22N4O3/c1-14(2)21(28)24-20-13-19(25-26(20)18-7-5-4-6-8-18)22(29)23-17-11-9-16(10-12-17)15(3)27/h4-14H,1-3H3,(H,23,29)(H,24,28). The third-order valence-electron chi connectivity index (χ3n) is 4.27. The zero-order chi connectivity index (χ0) is 21.0. The van der Waals surface area contributed by atoms with E-state index < -0.39 is 5.91 Å². The molecule has 0 atom stereocenters. The average Bonchev–Trinajstić information content (AvgIpc) is 3.13. The second kappa shape index (κ2) is 8.52. The van der Waals surface area contributed by atoms with Crippen molar-refractivity contribution in [2.24, 2.45) is 5.92 Å². The Morgan fingerprint density at radius 1 is 0.931 bits per heavy atom. The molecule has 0 saturated carbocycles. The molecule has 0 saturated heterocycles. The monoisotopic (exact) mass is 390 g/mol. The van der Waals surface area contributed by atoms with Crippen molar-refractivity contribution in [1.29, 1.82) is 0 Å². The van der Waals surface area contributed by atoms with Crippen LogP contribution in [0.2, 0.25) is 0 Å². The van der Waals surface area contributed by atoms with Crippen molar-refractivity contribution in [3.05, 3.63) is 71.9 Å². The Morgan fingerprint density at radius 3 is 2.17 bits per heavy atom. The number of anilines is 2. The lowest BCUT2D eigenvalue weighted by molar-refractivity contribution is -0.118. The Balaban J connectivity index is 1.88. The van der Waals surface area contributed by atoms with Crippen molar-refractivity contribution in [3.8, 4) is 5.69 Å². The van der Waals surface area contributed by atoms with Crippen molar-refractivity contribution in [2.75, 3.05) is 10.6 Å². The molecule has 2 amide bonds. The summed E-state index contributed by atoms with van der Waals surface area (Å²) < 4.78 is 1.52. The van der Waals surface area contributed by atoms with Crippen molar-refractivity contribution < 1.29 is 14.4 Å². The average molecular weight is 390 g/mol. The maximum absolute atomic E-state index is 12.7. The Kier molecular flexibility index (Phi) is 5.87. The van der Waals surface area contributed by atoms with E-state index in [1.165, 1.54) is 17.7 Å². The number of carbonyl (C=O) groups excluding carboxylic acids is 3. The largest absolute Gasteiger partial charge is 0.321 e. The third kappa shape index (κ3) is 4.76. The first-order valence-corrected chi connectivity index (χ1v) is 9.24. The van der Waals surface area contributed by atoms with Gasteiger partial charge in [-0.2, -0.15) is 5.10 Å². The molecule has 3 rings (SSSR count). The number of para-hydroxylation sites is 1. The fraction of sp³-hybridized carbons (Fsp3) is 0.182. The van der Waals surface area contributed by atoms with Crippen molar-refractivity contribution in [1.82, 2.24) is 9.78 Å². The normalized spacial score (nSPS) is 10.6. The van der Waals surface area contributed by atoms with Gasteiger partial charge in [0.05, 0.1) is 5.69 Å². The minimum atomic E-state index is -0.421. The lowest BCUT2D eigenvalue weighted by atomic mass is 10.1. The van der Waals surface area contributed by atoms with E-state index in [4.69, 9.17) is 0 Å². The Morgan fingerprint density at radius 2 is 1.59 bits per heavy atom. The number of Topliss-reactive ketones (excluding diaryl/α,β-unsaturated/α-hetero) is 1. The van der Waals surface area contributed by atoms with Crippen molar-refractivity contribution in [3.63, 3.8) is 0 Å². The topological polar surface area (TPSA) is 93.1 Å². The smallest absolute Gasteiger partial charge is 0.276 e. The molecule has 3 aromatic rings. The quantitative estimate of drug-likeness (QED) is 0.624. The first-order valence-electron chi connectivity index (χ1n) is 9.24. The Bertz CT molecular complexity index is 1040. The van der Waals surface area contributed by atoms with E-state index >= 15 is 0 Å². The summed E-state index contributed by atoms with van der Waals surface area (Å²) in [5.74, 6) is -0.447. The molecule has 7 nitrogen and oxygen atoms in total. The van der Waals surface area contributed by atoms with Gasteiger partial charge in [0.15, 0.2) is 11.5 Å². The Labute approximate surface area is 168 Å². The van der Waals surface area contributed by atoms with Crippen LogP contribution in [0.4, 0.5) is 11.5 Å². The molecule has 0 aliphatic carbocycles. The number of amides is 2. The van der Waals surface area contributed by atoms with Crippen LogP contribution in [0, 0.1) is 5.92 Å². The van der Waals surface area contributed by atoms with E-state index in [1.54, 1.807) is 38.1 Å². The number of ketones is 1. The number of rotatable bonds is 6. The summed E-state index contributed by atoms with van der Waals surface area (Å²) in [4.78, 5) is 36.2. The molecule has 0 bridgehead atoms. The zero-order valence-corrected chi connectivity index (χ0v) is 16.5. The van der Waals surface area contributed by atoms with Gasteiger partial charge in [0.2, 0.25) is 5.91 Å². The zero-order valence-electron chi connectivity index (χ0n) is 16.5. The number of nitrogens with zero attached hydrogens (tertiary/aromatic N) is 2. The minimum absolute atomic E-state index is 0.0463. The van der Waals surface area contributed by atoms with E-state index in [0.717, 1.165) is 5.69 Å². The van der Waals surface area contributed by atoms with Crippen LogP contribution in [0.25, 0.3) is 5.69 Å². The van der Waals surface area contributed by atoms with Crippen LogP contribution in [0.3, 0.4) is 0 Å². The van der Waals surface area contributed by atoms with E-state index in [-0.39, 0.29) is 23.3 Å². The fourth-order valence-corrected chi connectivity index (χ4v) is 2.60. The molecule has 0 radical (unpaired) electrons. The highest BCUT2D eigenvalue weighted by Crippen LogP contribution is 2.19. The molecule has 2 N–H and O–H groups in total. The third-order valence-corrected chi connectivity index (χ3v) is 4.27. The van der Waals surface area contributed by atoms with E-state index in [2.05, 4.69) is 15.7 Å². The second-order valence-corrected chi connectivity index (χ2v) is 6.89. The van der Waals surface area contributed by atoms with Crippen LogP contribution in [-0.4, -0.2) is 27.4 Å². The summed E-state index contributed by atoms with van der Waals surface area (Å²) in [5, 5.41) is 9.94. The molecule has 0 unspecified atom stereocenters. The lowest BCUT2D eigenvalue weighted by Gasteiger charge is -2.10. The number of aromatic nitrogens is 2. The number of benzene rings is 2. The van der Waals surface area contributed by atoms with Gasteiger partial charge >= 0.3 is 0 Å². The van der Waals surface area contributed by atoms with Gasteiger partial charge in [-0.3, -0.25) is 14.4 Å². The SMILES string of the molecule is CC(=O)c1ccc(NC(=O)c2cc(NC(=O)C(C)C)n(-c3ccccc3)n2)cc1. The summed E-state index contributed by atoms with van der Waals surface area (Å²) in [7, 11) is 0. The van der Waals surface area contributed by atoms with Gasteiger partial charge in [0.1, 0.15) is 5.82 Å². The van der Waals surface area contributed by atoms with Crippen LogP contribution in [0.5, 0.6) is 0 Å². The summed E-state index contributed by atoms with van der Waals surface area (Å²) >= 11 is 0.